The normalized spacial score (nSPS) is 43.0. The number of hydrogen-bond donors (Lipinski definition) is 1. The Hall–Kier alpha value is 0.270. The molecule has 106 valence electrons. The molecule has 0 radical (unpaired) electrons. The highest BCUT2D eigenvalue weighted by atomic mass is 32.2. The van der Waals surface area contributed by atoms with E-state index in [1.54, 1.807) is 0 Å². The molecule has 2 aliphatic rings. The highest BCUT2D eigenvalue weighted by Gasteiger charge is 2.31. The molecule has 5 unspecified atom stereocenters. The van der Waals surface area contributed by atoms with E-state index in [0.717, 1.165) is 22.3 Å². The fourth-order valence-electron chi connectivity index (χ4n) is 3.73. The Bertz CT molecular complexity index is 249. The Balaban J connectivity index is 1.86. The standard InChI is InChI=1S/C15H30N2S/c1-4-13-5-6-15(16)14(7-13)10-17-8-11(2)18-12(3)9-17/h11-15H,4-10,16H2,1-3H3. The van der Waals surface area contributed by atoms with Crippen LogP contribution in [-0.4, -0.2) is 41.1 Å². The van der Waals surface area contributed by atoms with Crippen molar-refractivity contribution in [2.75, 3.05) is 19.6 Å². The molecule has 0 aromatic heterocycles. The van der Waals surface area contributed by atoms with E-state index in [1.165, 1.54) is 45.3 Å². The van der Waals surface area contributed by atoms with E-state index in [2.05, 4.69) is 37.4 Å². The number of rotatable bonds is 3. The van der Waals surface area contributed by atoms with Gasteiger partial charge in [-0.1, -0.05) is 27.2 Å². The van der Waals surface area contributed by atoms with E-state index in [1.807, 2.05) is 0 Å². The van der Waals surface area contributed by atoms with Crippen molar-refractivity contribution in [2.24, 2.45) is 17.6 Å². The molecule has 1 aliphatic carbocycles. The summed E-state index contributed by atoms with van der Waals surface area (Å²) >= 11 is 2.14. The van der Waals surface area contributed by atoms with Crippen molar-refractivity contribution in [3.8, 4) is 0 Å². The van der Waals surface area contributed by atoms with Crippen LogP contribution in [0.5, 0.6) is 0 Å². The monoisotopic (exact) mass is 270 g/mol. The summed E-state index contributed by atoms with van der Waals surface area (Å²) in [4.78, 5) is 2.68. The SMILES string of the molecule is CCC1CCC(N)C(CN2CC(C)SC(C)C2)C1. The smallest absolute Gasteiger partial charge is 0.0149 e. The zero-order valence-electron chi connectivity index (χ0n) is 12.3. The number of nitrogens with zero attached hydrogens (tertiary/aromatic N) is 1. The average molecular weight is 270 g/mol. The minimum atomic E-state index is 0.452. The summed E-state index contributed by atoms with van der Waals surface area (Å²) in [7, 11) is 0. The van der Waals surface area contributed by atoms with Gasteiger partial charge < -0.3 is 10.6 Å². The van der Waals surface area contributed by atoms with Gasteiger partial charge >= 0.3 is 0 Å². The van der Waals surface area contributed by atoms with E-state index in [9.17, 15) is 0 Å². The number of nitrogens with two attached hydrogens (primary N) is 1. The van der Waals surface area contributed by atoms with Gasteiger partial charge in [0, 0.05) is 36.2 Å². The van der Waals surface area contributed by atoms with Crippen molar-refractivity contribution in [3.63, 3.8) is 0 Å². The lowest BCUT2D eigenvalue weighted by molar-refractivity contribution is 0.153. The van der Waals surface area contributed by atoms with Crippen molar-refractivity contribution in [2.45, 2.75) is 63.0 Å². The molecule has 2 nitrogen and oxygen atoms in total. The third-order valence-corrected chi connectivity index (χ3v) is 5.94. The maximum atomic E-state index is 6.35. The molecule has 1 saturated heterocycles. The van der Waals surface area contributed by atoms with Crippen LogP contribution < -0.4 is 5.73 Å². The molecule has 2 fully saturated rings. The molecule has 1 saturated carbocycles. The van der Waals surface area contributed by atoms with E-state index in [0.29, 0.717) is 6.04 Å². The molecular formula is C15H30N2S. The molecule has 0 spiro atoms. The first-order chi connectivity index (χ1) is 8.58. The van der Waals surface area contributed by atoms with Crippen LogP contribution in [0.15, 0.2) is 0 Å². The van der Waals surface area contributed by atoms with Gasteiger partial charge in [-0.25, -0.2) is 0 Å². The molecule has 0 bridgehead atoms. The third kappa shape index (κ3) is 3.88. The number of thioether (sulfide) groups is 1. The Morgan fingerprint density at radius 1 is 1.17 bits per heavy atom. The summed E-state index contributed by atoms with van der Waals surface area (Å²) in [6, 6.07) is 0.452. The molecule has 2 N–H and O–H groups in total. The summed E-state index contributed by atoms with van der Waals surface area (Å²) < 4.78 is 0. The van der Waals surface area contributed by atoms with Gasteiger partial charge in [0.05, 0.1) is 0 Å². The predicted octanol–water partition coefficient (Wildman–Crippen LogP) is 2.97. The summed E-state index contributed by atoms with van der Waals surface area (Å²) in [5.74, 6) is 1.68. The lowest BCUT2D eigenvalue weighted by Gasteiger charge is -2.40. The number of hydrogen-bond acceptors (Lipinski definition) is 3. The van der Waals surface area contributed by atoms with Crippen LogP contribution in [0.3, 0.4) is 0 Å². The second kappa shape index (κ2) is 6.62. The first kappa shape index (κ1) is 14.7. The molecule has 0 aromatic carbocycles. The van der Waals surface area contributed by atoms with Gasteiger partial charge in [0.25, 0.3) is 0 Å². The first-order valence-corrected chi connectivity index (χ1v) is 8.66. The Morgan fingerprint density at radius 2 is 1.83 bits per heavy atom. The molecule has 18 heavy (non-hydrogen) atoms. The Kier molecular flexibility index (Phi) is 5.40. The fraction of sp³-hybridized carbons (Fsp3) is 1.00. The first-order valence-electron chi connectivity index (χ1n) is 7.71. The summed E-state index contributed by atoms with van der Waals surface area (Å²) in [5.41, 5.74) is 6.35. The second-order valence-corrected chi connectivity index (χ2v) is 8.37. The van der Waals surface area contributed by atoms with E-state index < -0.39 is 0 Å². The van der Waals surface area contributed by atoms with Gasteiger partial charge in [-0.05, 0) is 31.1 Å². The van der Waals surface area contributed by atoms with Gasteiger partial charge in [-0.2, -0.15) is 11.8 Å². The van der Waals surface area contributed by atoms with Crippen molar-refractivity contribution < 1.29 is 0 Å². The largest absolute Gasteiger partial charge is 0.327 e. The van der Waals surface area contributed by atoms with Crippen LogP contribution >= 0.6 is 11.8 Å². The van der Waals surface area contributed by atoms with Crippen molar-refractivity contribution in [1.29, 1.82) is 0 Å². The van der Waals surface area contributed by atoms with Crippen LogP contribution in [-0.2, 0) is 0 Å². The maximum absolute atomic E-state index is 6.35. The molecule has 0 amide bonds. The van der Waals surface area contributed by atoms with Crippen LogP contribution in [0, 0.1) is 11.8 Å². The predicted molar refractivity (Wildman–Crippen MR) is 82.1 cm³/mol. The topological polar surface area (TPSA) is 29.3 Å². The molecule has 3 heteroatoms. The quantitative estimate of drug-likeness (QED) is 0.855. The Labute approximate surface area is 117 Å². The highest BCUT2D eigenvalue weighted by molar-refractivity contribution is 8.00. The maximum Gasteiger partial charge on any atom is 0.0149 e. The molecular weight excluding hydrogens is 240 g/mol. The van der Waals surface area contributed by atoms with Crippen molar-refractivity contribution >= 4 is 11.8 Å². The van der Waals surface area contributed by atoms with E-state index in [-0.39, 0.29) is 0 Å². The highest BCUT2D eigenvalue weighted by Crippen LogP contribution is 2.32. The minimum Gasteiger partial charge on any atom is -0.327 e. The average Bonchev–Trinajstić information content (AvgIpc) is 2.30. The zero-order valence-corrected chi connectivity index (χ0v) is 13.1. The van der Waals surface area contributed by atoms with E-state index >= 15 is 0 Å². The molecule has 2 rings (SSSR count). The zero-order chi connectivity index (χ0) is 13.1. The van der Waals surface area contributed by atoms with Gasteiger partial charge in [-0.15, -0.1) is 0 Å². The van der Waals surface area contributed by atoms with Gasteiger partial charge in [0.1, 0.15) is 0 Å². The lowest BCUT2D eigenvalue weighted by Crippen LogP contribution is -2.48. The van der Waals surface area contributed by atoms with E-state index in [4.69, 9.17) is 5.73 Å². The Morgan fingerprint density at radius 3 is 2.44 bits per heavy atom. The lowest BCUT2D eigenvalue weighted by atomic mass is 9.77. The molecule has 1 aliphatic heterocycles. The molecule has 0 aromatic rings. The van der Waals surface area contributed by atoms with Crippen molar-refractivity contribution in [3.05, 3.63) is 0 Å². The molecule has 5 atom stereocenters. The van der Waals surface area contributed by atoms with Gasteiger partial charge in [0.2, 0.25) is 0 Å². The van der Waals surface area contributed by atoms with Crippen LogP contribution in [0.2, 0.25) is 0 Å². The summed E-state index contributed by atoms with van der Waals surface area (Å²) in [6.07, 6.45) is 5.31. The van der Waals surface area contributed by atoms with Gasteiger partial charge in [-0.3, -0.25) is 0 Å². The minimum absolute atomic E-state index is 0.452. The summed E-state index contributed by atoms with van der Waals surface area (Å²) in [6.45, 7) is 10.8. The second-order valence-electron chi connectivity index (χ2n) is 6.49. The summed E-state index contributed by atoms with van der Waals surface area (Å²) in [5, 5.41) is 1.58. The third-order valence-electron chi connectivity index (χ3n) is 4.72. The van der Waals surface area contributed by atoms with Crippen LogP contribution in [0.1, 0.15) is 46.5 Å². The van der Waals surface area contributed by atoms with Crippen LogP contribution in [0.25, 0.3) is 0 Å². The van der Waals surface area contributed by atoms with Crippen molar-refractivity contribution in [1.82, 2.24) is 4.90 Å². The molecule has 1 heterocycles. The van der Waals surface area contributed by atoms with Crippen LogP contribution in [0.4, 0.5) is 0 Å². The fourth-order valence-corrected chi connectivity index (χ4v) is 5.12. The van der Waals surface area contributed by atoms with Gasteiger partial charge in [0.15, 0.2) is 0 Å².